The molecule has 0 saturated heterocycles. The molecule has 0 nitrogen and oxygen atoms in total. The Morgan fingerprint density at radius 2 is 1.27 bits per heavy atom. The molecular formula is C39H42SiZr-4. The van der Waals surface area contributed by atoms with E-state index >= 15 is 0 Å². The van der Waals surface area contributed by atoms with Crippen LogP contribution in [0.2, 0.25) is 0 Å². The molecule has 0 atom stereocenters. The van der Waals surface area contributed by atoms with Gasteiger partial charge in [0.2, 0.25) is 0 Å². The summed E-state index contributed by atoms with van der Waals surface area (Å²) < 4.78 is 0. The number of hydrogen-bond donors (Lipinski definition) is 0. The van der Waals surface area contributed by atoms with Crippen molar-refractivity contribution in [1.82, 2.24) is 0 Å². The Bertz CT molecular complexity index is 1700. The van der Waals surface area contributed by atoms with Crippen molar-refractivity contribution in [1.29, 1.82) is 0 Å². The van der Waals surface area contributed by atoms with E-state index in [0.717, 1.165) is 0 Å². The molecule has 2 heteroatoms. The second kappa shape index (κ2) is 15.4. The molecule has 41 heavy (non-hydrogen) atoms. The maximum atomic E-state index is 3.06. The van der Waals surface area contributed by atoms with E-state index in [1.54, 1.807) is 0 Å². The van der Waals surface area contributed by atoms with Crippen LogP contribution in [0.1, 0.15) is 47.6 Å². The number of fused-ring (bicyclic) bond motifs is 2. The van der Waals surface area contributed by atoms with Crippen LogP contribution >= 0.6 is 0 Å². The van der Waals surface area contributed by atoms with E-state index in [-0.39, 0.29) is 14.9 Å². The van der Waals surface area contributed by atoms with E-state index in [1.807, 2.05) is 0 Å². The number of hydrogen-bond acceptors (Lipinski definition) is 0. The molecule has 0 aliphatic carbocycles. The van der Waals surface area contributed by atoms with Gasteiger partial charge in [0.15, 0.2) is 0 Å². The van der Waals surface area contributed by atoms with Crippen molar-refractivity contribution in [2.45, 2.75) is 47.5 Å². The zero-order valence-electron chi connectivity index (χ0n) is 25.9. The van der Waals surface area contributed by atoms with Gasteiger partial charge in [-0.1, -0.05) is 99.5 Å². The molecule has 6 rings (SSSR count). The average molecular weight is 630 g/mol. The Labute approximate surface area is 265 Å². The molecule has 0 unspecified atom stereocenters. The van der Waals surface area contributed by atoms with Gasteiger partial charge in [-0.2, -0.15) is 12.1 Å². The summed E-state index contributed by atoms with van der Waals surface area (Å²) in [4.78, 5) is 0. The van der Waals surface area contributed by atoms with E-state index in [1.165, 1.54) is 95.0 Å². The third-order valence-corrected chi connectivity index (χ3v) is 7.67. The van der Waals surface area contributed by atoms with Gasteiger partial charge in [0.1, 0.15) is 0 Å². The van der Waals surface area contributed by atoms with Crippen molar-refractivity contribution in [2.75, 3.05) is 0 Å². The van der Waals surface area contributed by atoms with Crippen LogP contribution in [0.15, 0.2) is 103 Å². The third kappa shape index (κ3) is 7.54. The molecule has 0 amide bonds. The molecule has 0 fully saturated rings. The van der Waals surface area contributed by atoms with Crippen LogP contribution in [-0.2, 0) is 23.3 Å². The Hall–Kier alpha value is -2.80. The Morgan fingerprint density at radius 3 is 1.95 bits per heavy atom. The van der Waals surface area contributed by atoms with Crippen molar-refractivity contribution in [2.24, 2.45) is 0 Å². The summed E-state index contributed by atoms with van der Waals surface area (Å²) in [5.41, 5.74) is 12.2. The predicted octanol–water partition coefficient (Wildman–Crippen LogP) is 11.3. The van der Waals surface area contributed by atoms with Gasteiger partial charge in [-0.25, -0.2) is 0 Å². The maximum absolute atomic E-state index is 3.06. The standard InChI is InChI=1S/C20H21.C17H15.2CH3.Si.Zr/c1-13(2)17-11-16-8-6-10-19(20(16)12-17)18-9-5-7-14(3)15(18)4;1-12-10-16-13(2)8-9-15(17(16)11-12)14-6-4-3-5-7-14;;;;/h5-13H,1-4H3;3-11H,1-2H3;2*1H3;;/q4*-1;;. The van der Waals surface area contributed by atoms with Crippen molar-refractivity contribution in [3.8, 4) is 22.3 Å². The van der Waals surface area contributed by atoms with Gasteiger partial charge in [-0.05, 0) is 42.0 Å². The molecule has 6 aromatic rings. The zero-order chi connectivity index (χ0) is 28.1. The van der Waals surface area contributed by atoms with Gasteiger partial charge < -0.3 is 14.9 Å². The fourth-order valence-electron chi connectivity index (χ4n) is 5.33. The van der Waals surface area contributed by atoms with Crippen molar-refractivity contribution in [3.05, 3.63) is 146 Å². The minimum absolute atomic E-state index is 0. The summed E-state index contributed by atoms with van der Waals surface area (Å²) in [6.45, 7) is 16.3. The number of benzene rings is 4. The van der Waals surface area contributed by atoms with Crippen LogP contribution in [0.4, 0.5) is 0 Å². The molecule has 0 aromatic heterocycles. The number of aryl methyl sites for hydroxylation is 3. The molecule has 0 heterocycles. The molecule has 0 N–H and O–H groups in total. The summed E-state index contributed by atoms with van der Waals surface area (Å²) in [5, 5.41) is 5.48. The molecule has 0 saturated carbocycles. The molecule has 210 valence electrons. The van der Waals surface area contributed by atoms with Crippen LogP contribution in [0.3, 0.4) is 0 Å². The van der Waals surface area contributed by atoms with E-state index < -0.39 is 0 Å². The van der Waals surface area contributed by atoms with Gasteiger partial charge >= 0.3 is 30.2 Å². The molecule has 0 spiro atoms. The van der Waals surface area contributed by atoms with Gasteiger partial charge in [-0.15, -0.1) is 68.6 Å². The van der Waals surface area contributed by atoms with Gasteiger partial charge in [0.25, 0.3) is 0 Å². The summed E-state index contributed by atoms with van der Waals surface area (Å²) >= 11 is 1.36. The Kier molecular flexibility index (Phi) is 13.0. The van der Waals surface area contributed by atoms with Gasteiger partial charge in [0, 0.05) is 0 Å². The summed E-state index contributed by atoms with van der Waals surface area (Å²) in [6, 6.07) is 37.5. The van der Waals surface area contributed by atoms with Gasteiger partial charge in [0.05, 0.1) is 0 Å². The van der Waals surface area contributed by atoms with Crippen molar-refractivity contribution < 1.29 is 23.3 Å². The molecule has 6 aromatic carbocycles. The fourth-order valence-corrected chi connectivity index (χ4v) is 5.33. The molecule has 0 aliphatic rings. The third-order valence-electron chi connectivity index (χ3n) is 7.67. The van der Waals surface area contributed by atoms with Crippen LogP contribution < -0.4 is 0 Å². The monoisotopic (exact) mass is 628 g/mol. The first-order valence-corrected chi connectivity index (χ1v) is 17.7. The predicted molar refractivity (Wildman–Crippen MR) is 182 cm³/mol. The van der Waals surface area contributed by atoms with Crippen LogP contribution in [0.25, 0.3) is 43.8 Å². The molecular weight excluding hydrogens is 588 g/mol. The Balaban J connectivity index is 0.000000261. The first-order valence-electron chi connectivity index (χ1n) is 13.6. The topological polar surface area (TPSA) is 0 Å². The zero-order valence-corrected chi connectivity index (χ0v) is 29.4. The molecule has 0 aliphatic heterocycles. The average Bonchev–Trinajstić information content (AvgIpc) is 3.57. The molecule has 2 radical (unpaired) electrons. The normalized spacial score (nSPS) is 10.2. The quantitative estimate of drug-likeness (QED) is 0.135. The van der Waals surface area contributed by atoms with E-state index in [4.69, 9.17) is 0 Å². The summed E-state index contributed by atoms with van der Waals surface area (Å²) in [5.74, 6) is 0.578. The molecule has 0 bridgehead atoms. The summed E-state index contributed by atoms with van der Waals surface area (Å²) in [6.07, 6.45) is 0. The number of rotatable bonds is 3. The minimum atomic E-state index is 0. The summed E-state index contributed by atoms with van der Waals surface area (Å²) in [7, 11) is 0. The van der Waals surface area contributed by atoms with Crippen molar-refractivity contribution >= 4 is 28.4 Å². The first kappa shape index (κ1) is 34.4. The van der Waals surface area contributed by atoms with Crippen molar-refractivity contribution in [3.63, 3.8) is 0 Å². The second-order valence-corrected chi connectivity index (χ2v) is 10.7. The van der Waals surface area contributed by atoms with Crippen LogP contribution in [-0.4, -0.2) is 6.88 Å². The van der Waals surface area contributed by atoms with E-state index in [2.05, 4.69) is 152 Å². The van der Waals surface area contributed by atoms with Crippen LogP contribution in [0.5, 0.6) is 0 Å². The van der Waals surface area contributed by atoms with E-state index in [0.29, 0.717) is 5.92 Å². The fraction of sp³-hybridized carbons (Fsp3) is 0.179. The van der Waals surface area contributed by atoms with Gasteiger partial charge in [-0.3, -0.25) is 0 Å². The SMILES string of the molecule is Cc1cc2c(-c3ccccc3)ccc(C)c2[cH-]1.Cc1cccc(-c2cccc3[cH-]c(C(C)C)cc23)c1C.[CH3-].[CH3-].[Si]=[Zr]. The van der Waals surface area contributed by atoms with E-state index in [9.17, 15) is 0 Å². The first-order chi connectivity index (χ1) is 18.8. The van der Waals surface area contributed by atoms with Crippen LogP contribution in [0, 0.1) is 42.5 Å². The second-order valence-electron chi connectivity index (χ2n) is 10.7. The Morgan fingerprint density at radius 1 is 0.610 bits per heavy atom.